The van der Waals surface area contributed by atoms with Gasteiger partial charge in [-0.1, -0.05) is 0 Å². The van der Waals surface area contributed by atoms with Gasteiger partial charge in [0.05, 0.1) is 12.5 Å². The van der Waals surface area contributed by atoms with E-state index < -0.39 is 59.7 Å². The van der Waals surface area contributed by atoms with E-state index in [2.05, 4.69) is 0 Å². The van der Waals surface area contributed by atoms with Crippen molar-refractivity contribution in [2.24, 2.45) is 5.73 Å². The highest BCUT2D eigenvalue weighted by Crippen LogP contribution is 2.38. The molecule has 0 radical (unpaired) electrons. The zero-order valence-corrected chi connectivity index (χ0v) is 13.8. The van der Waals surface area contributed by atoms with Crippen LogP contribution in [0.15, 0.2) is 33.2 Å². The van der Waals surface area contributed by atoms with Gasteiger partial charge in [0.2, 0.25) is 0 Å². The van der Waals surface area contributed by atoms with E-state index in [1.165, 1.54) is 0 Å². The Hall–Kier alpha value is -3.43. The van der Waals surface area contributed by atoms with Crippen LogP contribution in [-0.4, -0.2) is 55.6 Å². The lowest BCUT2D eigenvalue weighted by Crippen LogP contribution is -2.48. The summed E-state index contributed by atoms with van der Waals surface area (Å²) in [5.74, 6) is -3.03. The van der Waals surface area contributed by atoms with E-state index in [1.807, 2.05) is 4.98 Å². The van der Waals surface area contributed by atoms with Gasteiger partial charge in [0.1, 0.15) is 24.5 Å². The highest BCUT2D eigenvalue weighted by Gasteiger charge is 2.50. The molecular weight excluding hydrogens is 364 g/mol. The van der Waals surface area contributed by atoms with Gasteiger partial charge in [0.25, 0.3) is 5.56 Å². The fourth-order valence-corrected chi connectivity index (χ4v) is 2.70. The van der Waals surface area contributed by atoms with Crippen LogP contribution in [0.4, 0.5) is 0 Å². The topological polar surface area (TPSA) is 209 Å². The number of carbonyl (C=O) groups excluding carboxylic acids is 1. The third-order valence-electron chi connectivity index (χ3n) is 4.09. The highest BCUT2D eigenvalue weighted by molar-refractivity contribution is 5.81. The predicted octanol–water partition coefficient (Wildman–Crippen LogP) is -2.32. The van der Waals surface area contributed by atoms with Gasteiger partial charge in [-0.15, -0.1) is 0 Å². The molecule has 1 unspecified atom stereocenters. The number of hydrogen-bond acceptors (Lipinski definition) is 9. The summed E-state index contributed by atoms with van der Waals surface area (Å²) < 4.78 is 5.58. The number of hydrogen-bond donors (Lipinski definition) is 5. The number of esters is 1. The molecule has 0 saturated heterocycles. The quantitative estimate of drug-likeness (QED) is 0.332. The smallest absolute Gasteiger partial charge is 0.329 e. The van der Waals surface area contributed by atoms with Crippen LogP contribution < -0.4 is 17.0 Å². The van der Waals surface area contributed by atoms with E-state index in [1.54, 1.807) is 6.07 Å². The molecule has 1 aliphatic rings. The van der Waals surface area contributed by atoms with Crippen LogP contribution in [0.1, 0.15) is 12.8 Å². The summed E-state index contributed by atoms with van der Waals surface area (Å²) in [5.41, 5.74) is 1.65. The Morgan fingerprint density at radius 2 is 2.19 bits per heavy atom. The normalized spacial score (nSPS) is 22.9. The number of carboxylic acids is 1. The molecule has 1 aliphatic carbocycles. The molecule has 27 heavy (non-hydrogen) atoms. The maximum atomic E-state index is 12.0. The Morgan fingerprint density at radius 1 is 1.52 bits per heavy atom. The first-order chi connectivity index (χ1) is 12.6. The Morgan fingerprint density at radius 3 is 2.74 bits per heavy atom. The van der Waals surface area contributed by atoms with Crippen molar-refractivity contribution in [3.63, 3.8) is 0 Å². The maximum absolute atomic E-state index is 12.0. The van der Waals surface area contributed by atoms with Gasteiger partial charge >= 0.3 is 17.6 Å². The molecule has 0 bridgehead atoms. The van der Waals surface area contributed by atoms with E-state index in [0.717, 1.165) is 16.8 Å². The minimum atomic E-state index is -1.96. The van der Waals surface area contributed by atoms with E-state index in [0.29, 0.717) is 0 Å². The van der Waals surface area contributed by atoms with Crippen molar-refractivity contribution in [2.45, 2.75) is 30.5 Å². The molecule has 0 spiro atoms. The number of nitrogens with zero attached hydrogens (tertiary/aromatic N) is 2. The molecule has 0 fully saturated rings. The number of nitriles is 1. The predicted molar refractivity (Wildman–Crippen MR) is 86.4 cm³/mol. The van der Waals surface area contributed by atoms with Gasteiger partial charge in [0, 0.05) is 24.3 Å². The van der Waals surface area contributed by atoms with Gasteiger partial charge in [0.15, 0.2) is 5.54 Å². The lowest BCUT2D eigenvalue weighted by atomic mass is 9.94. The number of nitrogens with two attached hydrogens (primary N) is 1. The van der Waals surface area contributed by atoms with Crippen LogP contribution in [0.25, 0.3) is 0 Å². The van der Waals surface area contributed by atoms with Gasteiger partial charge in [-0.25, -0.2) is 4.79 Å². The molecule has 0 aliphatic heterocycles. The molecule has 1 heterocycles. The van der Waals surface area contributed by atoms with Crippen LogP contribution >= 0.6 is 0 Å². The van der Waals surface area contributed by atoms with Crippen LogP contribution in [0.3, 0.4) is 0 Å². The molecule has 0 saturated carbocycles. The number of aliphatic carboxylic acids is 1. The van der Waals surface area contributed by atoms with Crippen LogP contribution in [0.5, 0.6) is 0 Å². The number of carbonyl (C=O) groups is 2. The molecular formula is C15H16N4O8. The van der Waals surface area contributed by atoms with Crippen LogP contribution in [0, 0.1) is 11.3 Å². The number of aliphatic hydroxyl groups excluding tert-OH is 2. The minimum absolute atomic E-state index is 0.0574. The first-order valence-electron chi connectivity index (χ1n) is 7.59. The van der Waals surface area contributed by atoms with Crippen molar-refractivity contribution in [3.05, 3.63) is 44.4 Å². The van der Waals surface area contributed by atoms with Crippen LogP contribution in [-0.2, 0) is 19.9 Å². The number of H-pyrrole nitrogens is 1. The van der Waals surface area contributed by atoms with Gasteiger partial charge < -0.3 is 25.8 Å². The number of ether oxygens (including phenoxy) is 1. The zero-order valence-electron chi connectivity index (χ0n) is 13.8. The average Bonchev–Trinajstić information content (AvgIpc) is 2.84. The first-order valence-corrected chi connectivity index (χ1v) is 7.59. The summed E-state index contributed by atoms with van der Waals surface area (Å²) in [6.45, 7) is -0.573. The van der Waals surface area contributed by atoms with Crippen molar-refractivity contribution in [1.82, 2.24) is 9.55 Å². The number of aromatic amines is 1. The number of aliphatic hydroxyl groups is 2. The zero-order chi connectivity index (χ0) is 20.4. The molecule has 144 valence electrons. The lowest BCUT2D eigenvalue weighted by molar-refractivity contribution is -0.148. The van der Waals surface area contributed by atoms with Crippen molar-refractivity contribution >= 4 is 11.9 Å². The lowest BCUT2D eigenvalue weighted by Gasteiger charge is -2.27. The fraction of sp³-hybridized carbons (Fsp3) is 0.400. The number of rotatable bonds is 6. The second-order valence-corrected chi connectivity index (χ2v) is 5.90. The summed E-state index contributed by atoms with van der Waals surface area (Å²) in [6, 6.07) is 1.28. The third kappa shape index (κ3) is 3.73. The Labute approximate surface area is 150 Å². The van der Waals surface area contributed by atoms with Gasteiger partial charge in [-0.3, -0.25) is 23.9 Å². The second kappa shape index (κ2) is 7.44. The largest absolute Gasteiger partial charge is 0.509 e. The minimum Gasteiger partial charge on any atom is -0.509 e. The standard InChI is InChI=1S/C15H16N4O8/c16-6-15(19-2-1-9(20)18-14(19)26)4-7(11(23)12(15)24)5-27-13(25)8(17)3-10(21)22/h1-2,8,12,23-24H,3-5,17H2,(H,21,22)(H,18,20,26)/t8-,12?,15+/m1/s1. The molecule has 12 heteroatoms. The number of carboxylic acid groups (broad SMARTS) is 1. The van der Waals surface area contributed by atoms with Gasteiger partial charge in [-0.2, -0.15) is 5.26 Å². The Kier molecular flexibility index (Phi) is 5.48. The SMILES string of the molecule is N#C[C@@]1(n2ccc(=O)[nH]c2=O)CC(COC(=O)[C@H](N)CC(=O)O)=C(O)C1O. The maximum Gasteiger partial charge on any atom is 0.329 e. The van der Waals surface area contributed by atoms with E-state index in [9.17, 15) is 34.7 Å². The molecule has 12 nitrogen and oxygen atoms in total. The number of nitrogens with one attached hydrogen (secondary N) is 1. The third-order valence-corrected chi connectivity index (χ3v) is 4.09. The van der Waals surface area contributed by atoms with E-state index >= 15 is 0 Å². The Bertz CT molecular complexity index is 956. The van der Waals surface area contributed by atoms with E-state index in [-0.39, 0.29) is 12.0 Å². The summed E-state index contributed by atoms with van der Waals surface area (Å²) >= 11 is 0. The number of aromatic nitrogens is 2. The summed E-state index contributed by atoms with van der Waals surface area (Å²) in [6.07, 6.45) is -1.88. The molecule has 1 aromatic rings. The molecule has 6 N–H and O–H groups in total. The monoisotopic (exact) mass is 380 g/mol. The van der Waals surface area contributed by atoms with Gasteiger partial charge in [-0.05, 0) is 0 Å². The molecule has 0 amide bonds. The molecule has 1 aromatic heterocycles. The average molecular weight is 380 g/mol. The molecule has 0 aromatic carbocycles. The Balaban J connectivity index is 2.23. The van der Waals surface area contributed by atoms with Crippen molar-refractivity contribution < 1.29 is 29.6 Å². The summed E-state index contributed by atoms with van der Waals surface area (Å²) in [4.78, 5) is 47.4. The second-order valence-electron chi connectivity index (χ2n) is 5.90. The molecule has 2 rings (SSSR count). The van der Waals surface area contributed by atoms with Crippen molar-refractivity contribution in [1.29, 1.82) is 5.26 Å². The highest BCUT2D eigenvalue weighted by atomic mass is 16.5. The van der Waals surface area contributed by atoms with Crippen molar-refractivity contribution in [2.75, 3.05) is 6.61 Å². The summed E-state index contributed by atoms with van der Waals surface area (Å²) in [5, 5.41) is 38.5. The molecule has 3 atom stereocenters. The summed E-state index contributed by atoms with van der Waals surface area (Å²) in [7, 11) is 0. The van der Waals surface area contributed by atoms with Crippen molar-refractivity contribution in [3.8, 4) is 6.07 Å². The first kappa shape index (κ1) is 19.9. The van der Waals surface area contributed by atoms with E-state index in [4.69, 9.17) is 15.6 Å². The fourth-order valence-electron chi connectivity index (χ4n) is 2.70. The van der Waals surface area contributed by atoms with Crippen LogP contribution in [0.2, 0.25) is 0 Å².